The van der Waals surface area contributed by atoms with Crippen LogP contribution in [-0.4, -0.2) is 28.9 Å². The summed E-state index contributed by atoms with van der Waals surface area (Å²) < 4.78 is 10.5. The van der Waals surface area contributed by atoms with Crippen LogP contribution in [0.1, 0.15) is 25.8 Å². The summed E-state index contributed by atoms with van der Waals surface area (Å²) in [6.45, 7) is 7.47. The number of phenolic OH excluding ortho intramolecular Hbond substituents is 2. The van der Waals surface area contributed by atoms with E-state index in [0.717, 1.165) is 0 Å². The second kappa shape index (κ2) is 7.55. The van der Waals surface area contributed by atoms with Gasteiger partial charge in [0.15, 0.2) is 0 Å². The Morgan fingerprint density at radius 2 is 1.90 bits per heavy atom. The van der Waals surface area contributed by atoms with Gasteiger partial charge in [-0.2, -0.15) is 0 Å². The van der Waals surface area contributed by atoms with Crippen molar-refractivity contribution in [1.82, 2.24) is 0 Å². The van der Waals surface area contributed by atoms with Crippen molar-refractivity contribution in [3.05, 3.63) is 35.9 Å². The SMILES string of the molecule is C=C(C)C(=O)OCCC(C)OCc1cc(O)cc(O)c1. The van der Waals surface area contributed by atoms with E-state index in [-0.39, 0.29) is 30.8 Å². The zero-order valence-corrected chi connectivity index (χ0v) is 11.8. The van der Waals surface area contributed by atoms with Crippen LogP contribution in [0, 0.1) is 0 Å². The summed E-state index contributed by atoms with van der Waals surface area (Å²) in [4.78, 5) is 11.2. The number of ether oxygens (including phenoxy) is 2. The van der Waals surface area contributed by atoms with Crippen molar-refractivity contribution in [2.24, 2.45) is 0 Å². The van der Waals surface area contributed by atoms with Crippen molar-refractivity contribution >= 4 is 5.97 Å². The minimum absolute atomic E-state index is 0.00774. The van der Waals surface area contributed by atoms with Crippen molar-refractivity contribution in [1.29, 1.82) is 0 Å². The highest BCUT2D eigenvalue weighted by Gasteiger charge is 2.07. The molecule has 0 saturated carbocycles. The number of hydrogen-bond acceptors (Lipinski definition) is 5. The Balaban J connectivity index is 2.31. The summed E-state index contributed by atoms with van der Waals surface area (Å²) in [7, 11) is 0. The Morgan fingerprint density at radius 3 is 2.45 bits per heavy atom. The molecule has 1 aromatic carbocycles. The Kier molecular flexibility index (Phi) is 6.06. The van der Waals surface area contributed by atoms with Crippen LogP contribution in [0.5, 0.6) is 11.5 Å². The first-order valence-electron chi connectivity index (χ1n) is 6.34. The summed E-state index contributed by atoms with van der Waals surface area (Å²) in [6, 6.07) is 4.30. The van der Waals surface area contributed by atoms with E-state index in [4.69, 9.17) is 9.47 Å². The van der Waals surface area contributed by atoms with E-state index in [1.807, 2.05) is 6.92 Å². The Bertz CT molecular complexity index is 461. The lowest BCUT2D eigenvalue weighted by Crippen LogP contribution is -2.14. The van der Waals surface area contributed by atoms with Gasteiger partial charge < -0.3 is 19.7 Å². The lowest BCUT2D eigenvalue weighted by atomic mass is 10.2. The van der Waals surface area contributed by atoms with Gasteiger partial charge in [0, 0.05) is 18.1 Å². The first-order valence-corrected chi connectivity index (χ1v) is 6.34. The summed E-state index contributed by atoms with van der Waals surface area (Å²) in [5.74, 6) is -0.423. The van der Waals surface area contributed by atoms with Crippen LogP contribution in [0.4, 0.5) is 0 Å². The predicted octanol–water partition coefficient (Wildman–Crippen LogP) is 2.51. The summed E-state index contributed by atoms with van der Waals surface area (Å²) in [5, 5.41) is 18.7. The molecule has 0 saturated heterocycles. The van der Waals surface area contributed by atoms with Gasteiger partial charge in [0.2, 0.25) is 0 Å². The molecule has 0 bridgehead atoms. The molecule has 0 aromatic heterocycles. The average molecular weight is 280 g/mol. The lowest BCUT2D eigenvalue weighted by Gasteiger charge is -2.13. The number of carbonyl (C=O) groups is 1. The lowest BCUT2D eigenvalue weighted by molar-refractivity contribution is -0.139. The van der Waals surface area contributed by atoms with Crippen molar-refractivity contribution in [2.75, 3.05) is 6.61 Å². The molecule has 1 atom stereocenters. The quantitative estimate of drug-likeness (QED) is 0.593. The van der Waals surface area contributed by atoms with Crippen molar-refractivity contribution < 1.29 is 24.5 Å². The molecular formula is C15H20O5. The fraction of sp³-hybridized carbons (Fsp3) is 0.400. The highest BCUT2D eigenvalue weighted by molar-refractivity contribution is 5.86. The van der Waals surface area contributed by atoms with Crippen LogP contribution in [0.25, 0.3) is 0 Å². The van der Waals surface area contributed by atoms with Crippen LogP contribution in [0.2, 0.25) is 0 Å². The van der Waals surface area contributed by atoms with Crippen LogP contribution in [-0.2, 0) is 20.9 Å². The number of benzene rings is 1. The van der Waals surface area contributed by atoms with E-state index < -0.39 is 5.97 Å². The molecule has 1 unspecified atom stereocenters. The molecule has 5 nitrogen and oxygen atoms in total. The van der Waals surface area contributed by atoms with Gasteiger partial charge in [-0.25, -0.2) is 4.79 Å². The van der Waals surface area contributed by atoms with Crippen molar-refractivity contribution in [2.45, 2.75) is 33.0 Å². The van der Waals surface area contributed by atoms with E-state index >= 15 is 0 Å². The van der Waals surface area contributed by atoms with E-state index in [9.17, 15) is 15.0 Å². The highest BCUT2D eigenvalue weighted by atomic mass is 16.5. The van der Waals surface area contributed by atoms with Gasteiger partial charge in [-0.15, -0.1) is 0 Å². The van der Waals surface area contributed by atoms with E-state index in [0.29, 0.717) is 17.6 Å². The van der Waals surface area contributed by atoms with Crippen molar-refractivity contribution in [3.8, 4) is 11.5 Å². The van der Waals surface area contributed by atoms with Gasteiger partial charge in [-0.05, 0) is 31.5 Å². The van der Waals surface area contributed by atoms with Gasteiger partial charge >= 0.3 is 5.97 Å². The van der Waals surface area contributed by atoms with E-state index in [1.54, 1.807) is 6.92 Å². The second-order valence-electron chi connectivity index (χ2n) is 4.68. The Labute approximate surface area is 118 Å². The Morgan fingerprint density at radius 1 is 1.30 bits per heavy atom. The summed E-state index contributed by atoms with van der Waals surface area (Å²) in [6.07, 6.45) is 0.446. The number of esters is 1. The normalized spacial score (nSPS) is 11.9. The fourth-order valence-corrected chi connectivity index (χ4v) is 1.50. The highest BCUT2D eigenvalue weighted by Crippen LogP contribution is 2.21. The predicted molar refractivity (Wildman–Crippen MR) is 74.4 cm³/mol. The molecule has 0 heterocycles. The van der Waals surface area contributed by atoms with Gasteiger partial charge in [-0.1, -0.05) is 6.58 Å². The Hall–Kier alpha value is -2.01. The maximum absolute atomic E-state index is 11.2. The molecule has 0 spiro atoms. The molecule has 0 fully saturated rings. The largest absolute Gasteiger partial charge is 0.508 e. The third kappa shape index (κ3) is 5.75. The van der Waals surface area contributed by atoms with Gasteiger partial charge in [-0.3, -0.25) is 0 Å². The molecule has 1 rings (SSSR count). The average Bonchev–Trinajstić information content (AvgIpc) is 2.35. The summed E-state index contributed by atoms with van der Waals surface area (Å²) in [5.41, 5.74) is 1.04. The molecule has 0 aliphatic rings. The molecule has 20 heavy (non-hydrogen) atoms. The van der Waals surface area contributed by atoms with Gasteiger partial charge in [0.25, 0.3) is 0 Å². The van der Waals surface area contributed by atoms with E-state index in [2.05, 4.69) is 6.58 Å². The van der Waals surface area contributed by atoms with Crippen molar-refractivity contribution in [3.63, 3.8) is 0 Å². The standard InChI is InChI=1S/C15H20O5/c1-10(2)15(18)19-5-4-11(3)20-9-12-6-13(16)8-14(17)7-12/h6-8,11,16-17H,1,4-5,9H2,2-3H3. The molecule has 0 radical (unpaired) electrons. The zero-order valence-electron chi connectivity index (χ0n) is 11.8. The number of hydrogen-bond donors (Lipinski definition) is 2. The number of phenols is 2. The maximum Gasteiger partial charge on any atom is 0.333 e. The molecule has 0 amide bonds. The minimum Gasteiger partial charge on any atom is -0.508 e. The molecule has 1 aromatic rings. The smallest absolute Gasteiger partial charge is 0.333 e. The third-order valence-corrected chi connectivity index (χ3v) is 2.60. The van der Waals surface area contributed by atoms with Crippen LogP contribution < -0.4 is 0 Å². The van der Waals surface area contributed by atoms with Crippen LogP contribution in [0.15, 0.2) is 30.4 Å². The monoisotopic (exact) mass is 280 g/mol. The van der Waals surface area contributed by atoms with Crippen LogP contribution >= 0.6 is 0 Å². The topological polar surface area (TPSA) is 76.0 Å². The minimum atomic E-state index is -0.407. The molecule has 0 aliphatic carbocycles. The van der Waals surface area contributed by atoms with E-state index in [1.165, 1.54) is 18.2 Å². The van der Waals surface area contributed by atoms with Gasteiger partial charge in [0.1, 0.15) is 11.5 Å². The number of carbonyl (C=O) groups excluding carboxylic acids is 1. The second-order valence-corrected chi connectivity index (χ2v) is 4.68. The molecule has 5 heteroatoms. The molecule has 110 valence electrons. The third-order valence-electron chi connectivity index (χ3n) is 2.60. The molecule has 0 aliphatic heterocycles. The first kappa shape index (κ1) is 16.0. The van der Waals surface area contributed by atoms with Gasteiger partial charge in [0.05, 0.1) is 19.3 Å². The number of rotatable bonds is 7. The van der Waals surface area contributed by atoms with Crippen LogP contribution in [0.3, 0.4) is 0 Å². The maximum atomic E-state index is 11.2. The fourth-order valence-electron chi connectivity index (χ4n) is 1.50. The molecular weight excluding hydrogens is 260 g/mol. The first-order chi connectivity index (χ1) is 9.38. The summed E-state index contributed by atoms with van der Waals surface area (Å²) >= 11 is 0. The zero-order chi connectivity index (χ0) is 15.1. The molecule has 2 N–H and O–H groups in total. The number of aromatic hydroxyl groups is 2.